The zero-order chi connectivity index (χ0) is 6.53. The van der Waals surface area contributed by atoms with Gasteiger partial charge in [0.05, 0.1) is 25.9 Å². The molecule has 1 saturated heterocycles. The predicted octanol–water partition coefficient (Wildman–Crippen LogP) is -0.249. The van der Waals surface area contributed by atoms with Crippen molar-refractivity contribution < 1.29 is 9.47 Å². The maximum Gasteiger partial charge on any atom is 0.0821 e. The molecule has 0 spiro atoms. The lowest BCUT2D eigenvalue weighted by Gasteiger charge is -2.21. The smallest absolute Gasteiger partial charge is 0.0821 e. The standard InChI is InChI=1S/C6H13NO2/c7-2-1-6-5-8-3-4-9-6/h6H,1-5,7H2/t6-/m0/s1. The van der Waals surface area contributed by atoms with Gasteiger partial charge in [-0.1, -0.05) is 0 Å². The minimum Gasteiger partial charge on any atom is -0.376 e. The van der Waals surface area contributed by atoms with Crippen molar-refractivity contribution in [3.63, 3.8) is 0 Å². The van der Waals surface area contributed by atoms with E-state index >= 15 is 0 Å². The minimum absolute atomic E-state index is 0.253. The van der Waals surface area contributed by atoms with Gasteiger partial charge in [0.2, 0.25) is 0 Å². The minimum atomic E-state index is 0.253. The highest BCUT2D eigenvalue weighted by Gasteiger charge is 2.11. The fraction of sp³-hybridized carbons (Fsp3) is 1.00. The van der Waals surface area contributed by atoms with Gasteiger partial charge >= 0.3 is 0 Å². The van der Waals surface area contributed by atoms with Gasteiger partial charge in [-0.05, 0) is 13.0 Å². The van der Waals surface area contributed by atoms with Crippen LogP contribution in [0.15, 0.2) is 0 Å². The number of hydrogen-bond donors (Lipinski definition) is 1. The Hall–Kier alpha value is -0.120. The summed E-state index contributed by atoms with van der Waals surface area (Å²) < 4.78 is 10.5. The van der Waals surface area contributed by atoms with Gasteiger partial charge in [-0.25, -0.2) is 0 Å². The Morgan fingerprint density at radius 3 is 2.89 bits per heavy atom. The molecule has 1 fully saturated rings. The Kier molecular flexibility index (Phi) is 2.97. The van der Waals surface area contributed by atoms with Crippen molar-refractivity contribution in [3.8, 4) is 0 Å². The molecule has 9 heavy (non-hydrogen) atoms. The van der Waals surface area contributed by atoms with Crippen molar-refractivity contribution in [2.45, 2.75) is 12.5 Å². The van der Waals surface area contributed by atoms with Gasteiger partial charge in [0.25, 0.3) is 0 Å². The lowest BCUT2D eigenvalue weighted by Crippen LogP contribution is -2.30. The second-order valence-electron chi connectivity index (χ2n) is 2.15. The van der Waals surface area contributed by atoms with E-state index in [1.165, 1.54) is 0 Å². The van der Waals surface area contributed by atoms with E-state index in [2.05, 4.69) is 0 Å². The third-order valence-corrected chi connectivity index (χ3v) is 1.37. The summed E-state index contributed by atoms with van der Waals surface area (Å²) in [7, 11) is 0. The molecule has 2 N–H and O–H groups in total. The molecule has 0 unspecified atom stereocenters. The predicted molar refractivity (Wildman–Crippen MR) is 34.2 cm³/mol. The highest BCUT2D eigenvalue weighted by atomic mass is 16.6. The summed E-state index contributed by atoms with van der Waals surface area (Å²) in [6.45, 7) is 2.87. The van der Waals surface area contributed by atoms with Crippen molar-refractivity contribution in [2.24, 2.45) is 5.73 Å². The molecule has 0 aromatic carbocycles. The molecule has 0 radical (unpaired) electrons. The quantitative estimate of drug-likeness (QED) is 0.562. The van der Waals surface area contributed by atoms with Crippen LogP contribution < -0.4 is 5.73 Å². The van der Waals surface area contributed by atoms with Crippen LogP contribution in [0, 0.1) is 0 Å². The van der Waals surface area contributed by atoms with Crippen molar-refractivity contribution in [2.75, 3.05) is 26.4 Å². The molecule has 0 aromatic rings. The van der Waals surface area contributed by atoms with Gasteiger partial charge in [0.15, 0.2) is 0 Å². The second-order valence-corrected chi connectivity index (χ2v) is 2.15. The molecule has 3 nitrogen and oxygen atoms in total. The van der Waals surface area contributed by atoms with Crippen LogP contribution >= 0.6 is 0 Å². The van der Waals surface area contributed by atoms with E-state index < -0.39 is 0 Å². The highest BCUT2D eigenvalue weighted by molar-refractivity contribution is 4.60. The van der Waals surface area contributed by atoms with Crippen molar-refractivity contribution in [3.05, 3.63) is 0 Å². The molecule has 1 aliphatic rings. The normalized spacial score (nSPS) is 28.3. The summed E-state index contributed by atoms with van der Waals surface area (Å²) in [4.78, 5) is 0. The molecule has 1 aliphatic heterocycles. The lowest BCUT2D eigenvalue weighted by atomic mass is 10.2. The SMILES string of the molecule is NCC[C@H]1COCCO1. The summed E-state index contributed by atoms with van der Waals surface area (Å²) >= 11 is 0. The molecule has 0 bridgehead atoms. The summed E-state index contributed by atoms with van der Waals surface area (Å²) in [5.74, 6) is 0. The van der Waals surface area contributed by atoms with Crippen LogP contribution in [0.3, 0.4) is 0 Å². The molecule has 3 heteroatoms. The van der Waals surface area contributed by atoms with Crippen LogP contribution in [-0.2, 0) is 9.47 Å². The first-order chi connectivity index (χ1) is 4.43. The molecule has 0 saturated carbocycles. The third kappa shape index (κ3) is 2.30. The Labute approximate surface area is 55.1 Å². The topological polar surface area (TPSA) is 44.5 Å². The maximum absolute atomic E-state index is 5.32. The highest BCUT2D eigenvalue weighted by Crippen LogP contribution is 2.02. The zero-order valence-corrected chi connectivity index (χ0v) is 5.51. The third-order valence-electron chi connectivity index (χ3n) is 1.37. The zero-order valence-electron chi connectivity index (χ0n) is 5.51. The monoisotopic (exact) mass is 131 g/mol. The Morgan fingerprint density at radius 1 is 1.44 bits per heavy atom. The average molecular weight is 131 g/mol. The van der Waals surface area contributed by atoms with Gasteiger partial charge < -0.3 is 15.2 Å². The Balaban J connectivity index is 2.08. The molecule has 0 amide bonds. The largest absolute Gasteiger partial charge is 0.376 e. The summed E-state index contributed by atoms with van der Waals surface area (Å²) in [5, 5.41) is 0. The van der Waals surface area contributed by atoms with Crippen LogP contribution in [0.1, 0.15) is 6.42 Å². The first-order valence-corrected chi connectivity index (χ1v) is 3.33. The van der Waals surface area contributed by atoms with E-state index in [4.69, 9.17) is 15.2 Å². The van der Waals surface area contributed by atoms with Crippen LogP contribution in [0.5, 0.6) is 0 Å². The fourth-order valence-corrected chi connectivity index (χ4v) is 0.889. The first-order valence-electron chi connectivity index (χ1n) is 3.33. The molecule has 1 rings (SSSR count). The van der Waals surface area contributed by atoms with Crippen LogP contribution in [0.2, 0.25) is 0 Å². The number of rotatable bonds is 2. The molecule has 1 atom stereocenters. The second kappa shape index (κ2) is 3.82. The lowest BCUT2D eigenvalue weighted by molar-refractivity contribution is -0.0895. The van der Waals surface area contributed by atoms with Gasteiger partial charge in [-0.15, -0.1) is 0 Å². The number of hydrogen-bond acceptors (Lipinski definition) is 3. The average Bonchev–Trinajstić information content (AvgIpc) is 1.91. The van der Waals surface area contributed by atoms with E-state index in [-0.39, 0.29) is 6.10 Å². The van der Waals surface area contributed by atoms with Crippen LogP contribution in [0.4, 0.5) is 0 Å². The van der Waals surface area contributed by atoms with E-state index in [0.29, 0.717) is 6.54 Å². The molecule has 54 valence electrons. The summed E-state index contributed by atoms with van der Waals surface area (Å²) in [6, 6.07) is 0. The molecule has 0 aliphatic carbocycles. The van der Waals surface area contributed by atoms with Crippen LogP contribution in [0.25, 0.3) is 0 Å². The van der Waals surface area contributed by atoms with Crippen molar-refractivity contribution >= 4 is 0 Å². The van der Waals surface area contributed by atoms with Gasteiger partial charge in [0, 0.05) is 0 Å². The number of ether oxygens (including phenoxy) is 2. The van der Waals surface area contributed by atoms with Crippen molar-refractivity contribution in [1.82, 2.24) is 0 Å². The van der Waals surface area contributed by atoms with Crippen LogP contribution in [-0.4, -0.2) is 32.5 Å². The van der Waals surface area contributed by atoms with Gasteiger partial charge in [-0.2, -0.15) is 0 Å². The van der Waals surface area contributed by atoms with Crippen molar-refractivity contribution in [1.29, 1.82) is 0 Å². The molecular weight excluding hydrogens is 118 g/mol. The fourth-order valence-electron chi connectivity index (χ4n) is 0.889. The Morgan fingerprint density at radius 2 is 2.33 bits per heavy atom. The molecule has 1 heterocycles. The Bertz CT molecular complexity index is 68.7. The number of nitrogens with two attached hydrogens (primary N) is 1. The maximum atomic E-state index is 5.32. The molecule has 0 aromatic heterocycles. The first kappa shape index (κ1) is 6.99. The van der Waals surface area contributed by atoms with E-state index in [1.807, 2.05) is 0 Å². The van der Waals surface area contributed by atoms with E-state index in [1.54, 1.807) is 0 Å². The van der Waals surface area contributed by atoms with E-state index in [9.17, 15) is 0 Å². The van der Waals surface area contributed by atoms with Gasteiger partial charge in [-0.3, -0.25) is 0 Å². The molecular formula is C6H13NO2. The van der Waals surface area contributed by atoms with E-state index in [0.717, 1.165) is 26.2 Å². The van der Waals surface area contributed by atoms with Gasteiger partial charge in [0.1, 0.15) is 0 Å². The summed E-state index contributed by atoms with van der Waals surface area (Å²) in [5.41, 5.74) is 5.32. The summed E-state index contributed by atoms with van der Waals surface area (Å²) in [6.07, 6.45) is 1.17.